The minimum atomic E-state index is 0.209. The maximum atomic E-state index is 5.74. The molecule has 1 aliphatic heterocycles. The van der Waals surface area contributed by atoms with Gasteiger partial charge in [-0.15, -0.1) is 0 Å². The zero-order valence-electron chi connectivity index (χ0n) is 10.1. The van der Waals surface area contributed by atoms with E-state index in [1.165, 1.54) is 11.3 Å². The van der Waals surface area contributed by atoms with Crippen molar-refractivity contribution in [1.29, 1.82) is 0 Å². The van der Waals surface area contributed by atoms with Crippen LogP contribution in [0.1, 0.15) is 13.8 Å². The largest absolute Gasteiger partial charge is 0.372 e. The molecule has 0 N–H and O–H groups in total. The summed E-state index contributed by atoms with van der Waals surface area (Å²) < 4.78 is 6.58. The van der Waals surface area contributed by atoms with E-state index < -0.39 is 0 Å². The third-order valence-electron chi connectivity index (χ3n) is 2.87. The normalized spacial score (nSPS) is 24.7. The van der Waals surface area contributed by atoms with Gasteiger partial charge in [0.05, 0.1) is 12.2 Å². The van der Waals surface area contributed by atoms with Gasteiger partial charge in [0.1, 0.15) is 16.7 Å². The molecule has 0 saturated carbocycles. The third-order valence-corrected chi connectivity index (χ3v) is 4.28. The quantitative estimate of drug-likeness (QED) is 0.804. The van der Waals surface area contributed by atoms with Crippen molar-refractivity contribution in [2.24, 2.45) is 0 Å². The highest BCUT2D eigenvalue weighted by Gasteiger charge is 2.25. The van der Waals surface area contributed by atoms with Crippen LogP contribution in [0.25, 0.3) is 10.3 Å². The number of hydrogen-bond acceptors (Lipinski definition) is 6. The first-order valence-electron chi connectivity index (χ1n) is 5.81. The van der Waals surface area contributed by atoms with Crippen LogP contribution in [0.15, 0.2) is 10.2 Å². The monoisotopic (exact) mass is 328 g/mol. The van der Waals surface area contributed by atoms with Crippen molar-refractivity contribution in [3.8, 4) is 0 Å². The van der Waals surface area contributed by atoms with Gasteiger partial charge in [0, 0.05) is 13.1 Å². The Labute approximate surface area is 117 Å². The second-order valence-corrected chi connectivity index (χ2v) is 6.73. The summed E-state index contributed by atoms with van der Waals surface area (Å²) in [4.78, 5) is 16.3. The second kappa shape index (κ2) is 4.71. The van der Waals surface area contributed by atoms with Crippen LogP contribution in [-0.4, -0.2) is 40.2 Å². The maximum Gasteiger partial charge on any atom is 0.161 e. The van der Waals surface area contributed by atoms with E-state index in [1.54, 1.807) is 6.33 Å². The second-order valence-electron chi connectivity index (χ2n) is 4.48. The van der Waals surface area contributed by atoms with Crippen LogP contribution in [-0.2, 0) is 4.74 Å². The topological polar surface area (TPSA) is 51.1 Å². The third kappa shape index (κ3) is 2.22. The number of aromatic nitrogens is 3. The molecule has 2 atom stereocenters. The highest BCUT2D eigenvalue weighted by atomic mass is 79.9. The molecule has 1 fully saturated rings. The molecule has 0 bridgehead atoms. The van der Waals surface area contributed by atoms with Gasteiger partial charge in [-0.25, -0.2) is 15.0 Å². The minimum absolute atomic E-state index is 0.209. The fraction of sp³-hybridized carbons (Fsp3) is 0.545. The van der Waals surface area contributed by atoms with E-state index in [0.717, 1.165) is 33.2 Å². The first-order valence-corrected chi connectivity index (χ1v) is 7.42. The lowest BCUT2D eigenvalue weighted by molar-refractivity contribution is -0.00538. The molecule has 2 unspecified atom stereocenters. The smallest absolute Gasteiger partial charge is 0.161 e. The summed E-state index contributed by atoms with van der Waals surface area (Å²) in [6.45, 7) is 5.84. The van der Waals surface area contributed by atoms with E-state index in [-0.39, 0.29) is 12.2 Å². The molecule has 2 aromatic heterocycles. The zero-order chi connectivity index (χ0) is 12.7. The molecular weight excluding hydrogens is 316 g/mol. The van der Waals surface area contributed by atoms with Crippen LogP contribution in [0.4, 0.5) is 5.82 Å². The standard InChI is InChI=1S/C11H13BrN4OS/c1-6-3-16(4-7(2)17-6)9-8-10(14-5-13-9)18-11(12)15-8/h5-7H,3-4H2,1-2H3. The van der Waals surface area contributed by atoms with Gasteiger partial charge in [0.15, 0.2) is 9.73 Å². The van der Waals surface area contributed by atoms with E-state index in [9.17, 15) is 0 Å². The van der Waals surface area contributed by atoms with Crippen LogP contribution in [0.3, 0.4) is 0 Å². The molecule has 2 aromatic rings. The van der Waals surface area contributed by atoms with Crippen molar-refractivity contribution >= 4 is 43.4 Å². The molecule has 3 rings (SSSR count). The number of morpholine rings is 1. The molecule has 0 aromatic carbocycles. The van der Waals surface area contributed by atoms with Crippen LogP contribution >= 0.6 is 27.3 Å². The molecule has 0 radical (unpaired) electrons. The van der Waals surface area contributed by atoms with Crippen molar-refractivity contribution in [2.45, 2.75) is 26.1 Å². The first kappa shape index (κ1) is 12.3. The number of anilines is 1. The van der Waals surface area contributed by atoms with Crippen molar-refractivity contribution in [1.82, 2.24) is 15.0 Å². The molecule has 5 nitrogen and oxygen atoms in total. The van der Waals surface area contributed by atoms with Crippen LogP contribution in [0.2, 0.25) is 0 Å². The summed E-state index contributed by atoms with van der Waals surface area (Å²) in [5.41, 5.74) is 0.871. The summed E-state index contributed by atoms with van der Waals surface area (Å²) in [5, 5.41) is 0. The lowest BCUT2D eigenvalue weighted by atomic mass is 10.2. The first-order chi connectivity index (χ1) is 8.63. The average molecular weight is 329 g/mol. The highest BCUT2D eigenvalue weighted by molar-refractivity contribution is 9.11. The Kier molecular flexibility index (Phi) is 3.21. The van der Waals surface area contributed by atoms with E-state index in [0.29, 0.717) is 0 Å². The molecule has 0 amide bonds. The van der Waals surface area contributed by atoms with Crippen LogP contribution in [0.5, 0.6) is 0 Å². The summed E-state index contributed by atoms with van der Waals surface area (Å²) in [5.74, 6) is 0.906. The predicted molar refractivity (Wildman–Crippen MR) is 75.1 cm³/mol. The zero-order valence-corrected chi connectivity index (χ0v) is 12.5. The lowest BCUT2D eigenvalue weighted by Gasteiger charge is -2.35. The number of halogens is 1. The Morgan fingerprint density at radius 3 is 2.78 bits per heavy atom. The van der Waals surface area contributed by atoms with Gasteiger partial charge < -0.3 is 9.64 Å². The number of fused-ring (bicyclic) bond motifs is 1. The molecular formula is C11H13BrN4OS. The van der Waals surface area contributed by atoms with Gasteiger partial charge in [-0.2, -0.15) is 0 Å². The Morgan fingerprint density at radius 2 is 2.06 bits per heavy atom. The van der Waals surface area contributed by atoms with E-state index in [1.807, 2.05) is 0 Å². The van der Waals surface area contributed by atoms with Gasteiger partial charge in [-0.1, -0.05) is 11.3 Å². The van der Waals surface area contributed by atoms with E-state index in [2.05, 4.69) is 49.6 Å². The van der Waals surface area contributed by atoms with Crippen LogP contribution < -0.4 is 4.90 Å². The molecule has 7 heteroatoms. The number of hydrogen-bond donors (Lipinski definition) is 0. The van der Waals surface area contributed by atoms with Crippen molar-refractivity contribution < 1.29 is 4.74 Å². The highest BCUT2D eigenvalue weighted by Crippen LogP contribution is 2.30. The average Bonchev–Trinajstić information content (AvgIpc) is 2.67. The van der Waals surface area contributed by atoms with Gasteiger partial charge in [-0.3, -0.25) is 0 Å². The molecule has 1 aliphatic rings. The Hall–Kier alpha value is -0.790. The summed E-state index contributed by atoms with van der Waals surface area (Å²) >= 11 is 4.93. The van der Waals surface area contributed by atoms with Crippen LogP contribution in [0, 0.1) is 0 Å². The Morgan fingerprint density at radius 1 is 1.33 bits per heavy atom. The Balaban J connectivity index is 2.02. The summed E-state index contributed by atoms with van der Waals surface area (Å²) in [6.07, 6.45) is 2.02. The van der Waals surface area contributed by atoms with Gasteiger partial charge in [0.2, 0.25) is 0 Å². The summed E-state index contributed by atoms with van der Waals surface area (Å²) in [6, 6.07) is 0. The molecule has 0 spiro atoms. The SMILES string of the molecule is CC1CN(c2ncnc3sc(Br)nc23)CC(C)O1. The van der Waals surface area contributed by atoms with E-state index in [4.69, 9.17) is 4.74 Å². The Bertz CT molecular complexity index is 565. The fourth-order valence-electron chi connectivity index (χ4n) is 2.30. The number of thiazole rings is 1. The van der Waals surface area contributed by atoms with Crippen molar-refractivity contribution in [3.05, 3.63) is 10.2 Å². The molecule has 0 aliphatic carbocycles. The van der Waals surface area contributed by atoms with Gasteiger partial charge in [-0.05, 0) is 29.8 Å². The molecule has 96 valence electrons. The van der Waals surface area contributed by atoms with E-state index >= 15 is 0 Å². The van der Waals surface area contributed by atoms with Crippen molar-refractivity contribution in [2.75, 3.05) is 18.0 Å². The predicted octanol–water partition coefficient (Wildman–Crippen LogP) is 2.46. The van der Waals surface area contributed by atoms with Crippen molar-refractivity contribution in [3.63, 3.8) is 0 Å². The molecule has 1 saturated heterocycles. The fourth-order valence-corrected chi connectivity index (χ4v) is 3.57. The van der Waals surface area contributed by atoms with Gasteiger partial charge >= 0.3 is 0 Å². The maximum absolute atomic E-state index is 5.74. The number of nitrogens with zero attached hydrogens (tertiary/aromatic N) is 4. The minimum Gasteiger partial charge on any atom is -0.372 e. The molecule has 3 heterocycles. The number of rotatable bonds is 1. The lowest BCUT2D eigenvalue weighted by Crippen LogP contribution is -2.46. The summed E-state index contributed by atoms with van der Waals surface area (Å²) in [7, 11) is 0. The molecule has 18 heavy (non-hydrogen) atoms. The van der Waals surface area contributed by atoms with Gasteiger partial charge in [0.25, 0.3) is 0 Å². The number of ether oxygens (including phenoxy) is 1.